The Morgan fingerprint density at radius 1 is 1.20 bits per heavy atom. The molecule has 1 aromatic carbocycles. The summed E-state index contributed by atoms with van der Waals surface area (Å²) in [7, 11) is 1.32. The van der Waals surface area contributed by atoms with Crippen LogP contribution in [0.3, 0.4) is 0 Å². The molecule has 0 unspecified atom stereocenters. The molecule has 1 aromatic heterocycles. The molecule has 0 N–H and O–H groups in total. The number of benzene rings is 1. The van der Waals surface area contributed by atoms with Gasteiger partial charge in [-0.2, -0.15) is 0 Å². The molecule has 1 aliphatic rings. The third kappa shape index (κ3) is 3.35. The van der Waals surface area contributed by atoms with Gasteiger partial charge in [-0.05, 0) is 30.2 Å². The van der Waals surface area contributed by atoms with Crippen LogP contribution in [-0.2, 0) is 20.9 Å². The molecule has 126 valence electrons. The molecule has 0 spiro atoms. The molecule has 0 fully saturated rings. The molecule has 3 rings (SSSR count). The Hall–Kier alpha value is -3.21. The number of amides is 1. The summed E-state index contributed by atoms with van der Waals surface area (Å²) in [5, 5.41) is 0. The van der Waals surface area contributed by atoms with Crippen molar-refractivity contribution in [3.63, 3.8) is 0 Å². The van der Waals surface area contributed by atoms with Gasteiger partial charge >= 0.3 is 5.97 Å². The van der Waals surface area contributed by atoms with Gasteiger partial charge in [0.25, 0.3) is 5.91 Å². The summed E-state index contributed by atoms with van der Waals surface area (Å²) in [4.78, 5) is 30.9. The number of pyridine rings is 1. The van der Waals surface area contributed by atoms with Crippen molar-refractivity contribution in [3.05, 3.63) is 82.8 Å². The van der Waals surface area contributed by atoms with E-state index in [4.69, 9.17) is 4.74 Å². The Labute approximate surface area is 146 Å². The minimum atomic E-state index is -0.512. The van der Waals surface area contributed by atoms with Crippen LogP contribution in [0, 0.1) is 0 Å². The lowest BCUT2D eigenvalue weighted by Crippen LogP contribution is -2.24. The number of esters is 1. The van der Waals surface area contributed by atoms with E-state index < -0.39 is 5.97 Å². The Morgan fingerprint density at radius 3 is 2.60 bits per heavy atom. The first-order valence-electron chi connectivity index (χ1n) is 7.89. The number of aromatic nitrogens is 1. The van der Waals surface area contributed by atoms with Crippen molar-refractivity contribution in [3.8, 4) is 0 Å². The highest BCUT2D eigenvalue weighted by atomic mass is 16.5. The second-order valence-electron chi connectivity index (χ2n) is 5.67. The van der Waals surface area contributed by atoms with Gasteiger partial charge in [-0.25, -0.2) is 4.79 Å². The van der Waals surface area contributed by atoms with Crippen molar-refractivity contribution < 1.29 is 14.3 Å². The first-order chi connectivity index (χ1) is 12.1. The molecule has 2 heterocycles. The molecule has 0 radical (unpaired) electrons. The largest absolute Gasteiger partial charge is 0.465 e. The average Bonchev–Trinajstić information content (AvgIpc) is 2.87. The molecule has 0 atom stereocenters. The predicted molar refractivity (Wildman–Crippen MR) is 93.9 cm³/mol. The highest BCUT2D eigenvalue weighted by Crippen LogP contribution is 2.32. The van der Waals surface area contributed by atoms with E-state index >= 15 is 0 Å². The summed E-state index contributed by atoms with van der Waals surface area (Å²) in [6, 6.07) is 13.1. The number of nitrogens with zero attached hydrogens (tertiary/aromatic N) is 2. The fourth-order valence-electron chi connectivity index (χ4n) is 2.81. The van der Waals surface area contributed by atoms with Crippen LogP contribution in [0.5, 0.6) is 0 Å². The number of allylic oxidation sites excluding steroid dienone is 1. The first kappa shape index (κ1) is 16.6. The van der Waals surface area contributed by atoms with Crippen LogP contribution >= 0.6 is 0 Å². The topological polar surface area (TPSA) is 59.5 Å². The van der Waals surface area contributed by atoms with Crippen molar-refractivity contribution in [1.29, 1.82) is 0 Å². The maximum absolute atomic E-state index is 12.9. The predicted octanol–water partition coefficient (Wildman–Crippen LogP) is 2.95. The number of ether oxygens (including phenoxy) is 1. The number of hydrogen-bond acceptors (Lipinski definition) is 4. The van der Waals surface area contributed by atoms with Crippen LogP contribution in [0.2, 0.25) is 0 Å². The van der Waals surface area contributed by atoms with Crippen molar-refractivity contribution in [2.24, 2.45) is 0 Å². The monoisotopic (exact) mass is 334 g/mol. The third-order valence-electron chi connectivity index (χ3n) is 4.08. The summed E-state index contributed by atoms with van der Waals surface area (Å²) >= 11 is 0. The van der Waals surface area contributed by atoms with E-state index in [1.165, 1.54) is 7.11 Å². The van der Waals surface area contributed by atoms with Crippen molar-refractivity contribution in [1.82, 2.24) is 9.88 Å². The smallest absolute Gasteiger partial charge is 0.340 e. The second kappa shape index (κ2) is 7.13. The zero-order valence-corrected chi connectivity index (χ0v) is 14.1. The lowest BCUT2D eigenvalue weighted by atomic mass is 10.0. The number of hydrogen-bond donors (Lipinski definition) is 0. The normalized spacial score (nSPS) is 15.8. The Kier molecular flexibility index (Phi) is 4.75. The van der Waals surface area contributed by atoms with Gasteiger partial charge in [-0.15, -0.1) is 0 Å². The Morgan fingerprint density at radius 2 is 1.96 bits per heavy atom. The van der Waals surface area contributed by atoms with Crippen molar-refractivity contribution >= 4 is 18.0 Å². The average molecular weight is 334 g/mol. The molecule has 5 heteroatoms. The minimum Gasteiger partial charge on any atom is -0.465 e. The van der Waals surface area contributed by atoms with Gasteiger partial charge in [0, 0.05) is 18.1 Å². The Bertz CT molecular complexity index is 855. The fraction of sp³-hybridized carbons (Fsp3) is 0.150. The second-order valence-corrected chi connectivity index (χ2v) is 5.67. The van der Waals surface area contributed by atoms with Crippen LogP contribution in [0.15, 0.2) is 71.7 Å². The van der Waals surface area contributed by atoms with E-state index in [2.05, 4.69) is 4.98 Å². The van der Waals surface area contributed by atoms with E-state index in [0.717, 1.165) is 11.1 Å². The SMILES string of the molecule is COC(=O)C1=C(C)N(Cc2cccnc2)C(=O)/C1=C\c1ccccc1. The number of carbonyl (C=O) groups is 2. The van der Waals surface area contributed by atoms with Gasteiger partial charge in [0.2, 0.25) is 0 Å². The summed E-state index contributed by atoms with van der Waals surface area (Å²) in [6.45, 7) is 2.11. The molecule has 25 heavy (non-hydrogen) atoms. The van der Waals surface area contributed by atoms with Crippen LogP contribution in [0.25, 0.3) is 6.08 Å². The zero-order valence-electron chi connectivity index (χ0n) is 14.1. The fourth-order valence-corrected chi connectivity index (χ4v) is 2.81. The third-order valence-corrected chi connectivity index (χ3v) is 4.08. The maximum Gasteiger partial charge on any atom is 0.340 e. The highest BCUT2D eigenvalue weighted by molar-refractivity contribution is 6.16. The zero-order chi connectivity index (χ0) is 17.8. The van der Waals surface area contributed by atoms with Gasteiger partial charge in [-0.1, -0.05) is 36.4 Å². The summed E-state index contributed by atoms with van der Waals surface area (Å²) in [5.41, 5.74) is 2.98. The van der Waals surface area contributed by atoms with Gasteiger partial charge in [0.05, 0.1) is 24.8 Å². The molecule has 1 amide bonds. The quantitative estimate of drug-likeness (QED) is 0.637. The Balaban J connectivity index is 2.02. The standard InChI is InChI=1S/C20H18N2O3/c1-14-18(20(24)25-2)17(11-15-7-4-3-5-8-15)19(23)22(14)13-16-9-6-10-21-12-16/h3-12H,13H2,1-2H3/b17-11-. The summed E-state index contributed by atoms with van der Waals surface area (Å²) in [5.74, 6) is -0.729. The van der Waals surface area contributed by atoms with Gasteiger partial charge < -0.3 is 9.64 Å². The molecular weight excluding hydrogens is 316 g/mol. The van der Waals surface area contributed by atoms with E-state index in [1.54, 1.807) is 30.3 Å². The van der Waals surface area contributed by atoms with Crippen LogP contribution in [0.1, 0.15) is 18.1 Å². The molecule has 0 saturated heterocycles. The summed E-state index contributed by atoms with van der Waals surface area (Å²) in [6.07, 6.45) is 5.11. The van der Waals surface area contributed by atoms with Crippen LogP contribution in [0.4, 0.5) is 0 Å². The van der Waals surface area contributed by atoms with Crippen LogP contribution in [-0.4, -0.2) is 28.9 Å². The lowest BCUT2D eigenvalue weighted by Gasteiger charge is -2.17. The number of methoxy groups -OCH3 is 1. The molecular formula is C20H18N2O3. The molecule has 0 saturated carbocycles. The van der Waals surface area contributed by atoms with Crippen molar-refractivity contribution in [2.75, 3.05) is 7.11 Å². The molecule has 0 bridgehead atoms. The number of rotatable bonds is 4. The van der Waals surface area contributed by atoms with Gasteiger partial charge in [-0.3, -0.25) is 9.78 Å². The lowest BCUT2D eigenvalue weighted by molar-refractivity contribution is -0.136. The van der Waals surface area contributed by atoms with E-state index in [-0.39, 0.29) is 5.91 Å². The summed E-state index contributed by atoms with van der Waals surface area (Å²) < 4.78 is 4.89. The first-order valence-corrected chi connectivity index (χ1v) is 7.89. The van der Waals surface area contributed by atoms with Gasteiger partial charge in [0.15, 0.2) is 0 Å². The van der Waals surface area contributed by atoms with E-state index in [0.29, 0.717) is 23.4 Å². The number of carbonyl (C=O) groups excluding carboxylic acids is 2. The highest BCUT2D eigenvalue weighted by Gasteiger charge is 2.36. The molecule has 2 aromatic rings. The van der Waals surface area contributed by atoms with Gasteiger partial charge in [0.1, 0.15) is 0 Å². The van der Waals surface area contributed by atoms with Crippen LogP contribution < -0.4 is 0 Å². The van der Waals surface area contributed by atoms with E-state index in [9.17, 15) is 9.59 Å². The van der Waals surface area contributed by atoms with Crippen molar-refractivity contribution in [2.45, 2.75) is 13.5 Å². The molecule has 0 aliphatic carbocycles. The molecule has 1 aliphatic heterocycles. The maximum atomic E-state index is 12.9. The molecule has 5 nitrogen and oxygen atoms in total. The minimum absolute atomic E-state index is 0.217. The van der Waals surface area contributed by atoms with E-state index in [1.807, 2.05) is 42.5 Å².